The summed E-state index contributed by atoms with van der Waals surface area (Å²) in [6, 6.07) is 1.19. The van der Waals surface area contributed by atoms with E-state index in [0.29, 0.717) is 11.6 Å². The van der Waals surface area contributed by atoms with Gasteiger partial charge in [-0.3, -0.25) is 14.3 Å². The molecule has 1 unspecified atom stereocenters. The molecule has 6 heteroatoms. The van der Waals surface area contributed by atoms with Crippen LogP contribution in [-0.4, -0.2) is 9.55 Å². The van der Waals surface area contributed by atoms with Crippen molar-refractivity contribution in [1.82, 2.24) is 9.55 Å². The Balaban J connectivity index is 2.23. The van der Waals surface area contributed by atoms with Gasteiger partial charge in [-0.2, -0.15) is 0 Å². The number of aromatic amines is 1. The molecule has 1 aromatic rings. The summed E-state index contributed by atoms with van der Waals surface area (Å²) in [6.07, 6.45) is 6.35. The lowest BCUT2D eigenvalue weighted by atomic mass is 10.0. The van der Waals surface area contributed by atoms with E-state index in [2.05, 4.69) is 4.98 Å². The van der Waals surface area contributed by atoms with Crippen LogP contribution in [0.4, 0.5) is 0 Å². The highest BCUT2D eigenvalue weighted by Crippen LogP contribution is 2.20. The number of hydrogen-bond donors (Lipinski definition) is 1. The highest BCUT2D eigenvalue weighted by molar-refractivity contribution is 6.31. The number of H-pyrrole nitrogens is 1. The van der Waals surface area contributed by atoms with Crippen molar-refractivity contribution in [3.05, 3.63) is 55.3 Å². The van der Waals surface area contributed by atoms with Crippen molar-refractivity contribution in [2.75, 3.05) is 0 Å². The number of allylic oxidation sites excluding steroid dienone is 4. The van der Waals surface area contributed by atoms with Gasteiger partial charge in [-0.25, -0.2) is 4.79 Å². The fraction of sp³-hybridized carbons (Fsp3) is 0.273. The van der Waals surface area contributed by atoms with Crippen LogP contribution >= 0.6 is 23.2 Å². The Morgan fingerprint density at radius 1 is 1.41 bits per heavy atom. The van der Waals surface area contributed by atoms with Crippen LogP contribution in [0, 0.1) is 5.92 Å². The first kappa shape index (κ1) is 12.2. The van der Waals surface area contributed by atoms with E-state index in [9.17, 15) is 9.59 Å². The minimum Gasteiger partial charge on any atom is -0.283 e. The molecule has 1 aliphatic rings. The van der Waals surface area contributed by atoms with Gasteiger partial charge in [0.1, 0.15) is 5.15 Å². The molecule has 1 N–H and O–H groups in total. The Hall–Kier alpha value is -1.26. The van der Waals surface area contributed by atoms with Crippen LogP contribution in [-0.2, 0) is 6.54 Å². The maximum Gasteiger partial charge on any atom is 0.329 e. The van der Waals surface area contributed by atoms with Gasteiger partial charge < -0.3 is 0 Å². The van der Waals surface area contributed by atoms with Crippen LogP contribution in [0.3, 0.4) is 0 Å². The molecule has 0 spiro atoms. The zero-order valence-corrected chi connectivity index (χ0v) is 10.3. The topological polar surface area (TPSA) is 54.9 Å². The monoisotopic (exact) mass is 272 g/mol. The van der Waals surface area contributed by atoms with Crippen molar-refractivity contribution >= 4 is 23.2 Å². The van der Waals surface area contributed by atoms with Gasteiger partial charge in [0.15, 0.2) is 0 Å². The minimum absolute atomic E-state index is 0.146. The summed E-state index contributed by atoms with van der Waals surface area (Å²) in [7, 11) is 0. The molecule has 2 rings (SSSR count). The Morgan fingerprint density at radius 2 is 2.18 bits per heavy atom. The quantitative estimate of drug-likeness (QED) is 0.836. The largest absolute Gasteiger partial charge is 0.329 e. The van der Waals surface area contributed by atoms with E-state index < -0.39 is 11.2 Å². The van der Waals surface area contributed by atoms with Crippen LogP contribution in [0.5, 0.6) is 0 Å². The van der Waals surface area contributed by atoms with Gasteiger partial charge in [0, 0.05) is 17.6 Å². The number of hydrogen-bond acceptors (Lipinski definition) is 2. The van der Waals surface area contributed by atoms with E-state index in [-0.39, 0.29) is 11.1 Å². The van der Waals surface area contributed by atoms with Gasteiger partial charge >= 0.3 is 5.69 Å². The van der Waals surface area contributed by atoms with E-state index in [1.165, 1.54) is 10.6 Å². The van der Waals surface area contributed by atoms with E-state index in [1.807, 2.05) is 12.2 Å². The van der Waals surface area contributed by atoms with E-state index >= 15 is 0 Å². The Morgan fingerprint density at radius 3 is 2.76 bits per heavy atom. The van der Waals surface area contributed by atoms with Crippen molar-refractivity contribution in [2.45, 2.75) is 13.0 Å². The fourth-order valence-electron chi connectivity index (χ4n) is 1.67. The zero-order valence-electron chi connectivity index (χ0n) is 8.82. The number of aromatic nitrogens is 2. The summed E-state index contributed by atoms with van der Waals surface area (Å²) < 4.78 is 1.34. The molecular weight excluding hydrogens is 263 g/mol. The first-order chi connectivity index (χ1) is 8.06. The van der Waals surface area contributed by atoms with E-state index in [4.69, 9.17) is 23.2 Å². The smallest absolute Gasteiger partial charge is 0.283 e. The zero-order chi connectivity index (χ0) is 12.4. The second-order valence-electron chi connectivity index (χ2n) is 3.82. The average molecular weight is 273 g/mol. The summed E-state index contributed by atoms with van der Waals surface area (Å²) in [5.74, 6) is 0.151. The number of rotatable bonds is 2. The summed E-state index contributed by atoms with van der Waals surface area (Å²) >= 11 is 11.7. The Bertz CT molecular complexity index is 598. The normalized spacial score (nSPS) is 19.2. The SMILES string of the molecule is O=c1cc(Cl)n(CC2C=CC(Cl)=CC2)c(=O)[nH]1. The van der Waals surface area contributed by atoms with Gasteiger partial charge in [-0.15, -0.1) is 0 Å². The van der Waals surface area contributed by atoms with Gasteiger partial charge in [-0.05, 0) is 18.4 Å². The van der Waals surface area contributed by atoms with Crippen LogP contribution < -0.4 is 11.2 Å². The molecule has 0 aromatic carbocycles. The number of nitrogens with zero attached hydrogens (tertiary/aromatic N) is 1. The van der Waals surface area contributed by atoms with E-state index in [1.54, 1.807) is 6.08 Å². The maximum absolute atomic E-state index is 11.6. The summed E-state index contributed by atoms with van der Waals surface area (Å²) in [6.45, 7) is 0.422. The van der Waals surface area contributed by atoms with Gasteiger partial charge in [0.25, 0.3) is 5.56 Å². The van der Waals surface area contributed by atoms with Crippen molar-refractivity contribution < 1.29 is 0 Å². The maximum atomic E-state index is 11.6. The molecule has 1 aromatic heterocycles. The van der Waals surface area contributed by atoms with Gasteiger partial charge in [0.05, 0.1) is 0 Å². The van der Waals surface area contributed by atoms with Crippen LogP contribution in [0.1, 0.15) is 6.42 Å². The predicted molar refractivity (Wildman–Crippen MR) is 67.5 cm³/mol. The lowest BCUT2D eigenvalue weighted by Gasteiger charge is -2.16. The molecule has 0 saturated carbocycles. The van der Waals surface area contributed by atoms with Crippen LogP contribution in [0.25, 0.3) is 0 Å². The van der Waals surface area contributed by atoms with Crippen molar-refractivity contribution in [1.29, 1.82) is 0 Å². The molecule has 1 aliphatic carbocycles. The predicted octanol–water partition coefficient (Wildman–Crippen LogP) is 1.89. The fourth-order valence-corrected chi connectivity index (χ4v) is 2.08. The molecular formula is C11H10Cl2N2O2. The van der Waals surface area contributed by atoms with Crippen LogP contribution in [0.15, 0.2) is 38.9 Å². The van der Waals surface area contributed by atoms with E-state index in [0.717, 1.165) is 6.42 Å². The summed E-state index contributed by atoms with van der Waals surface area (Å²) in [4.78, 5) is 24.7. The third kappa shape index (κ3) is 2.90. The highest BCUT2D eigenvalue weighted by atomic mass is 35.5. The number of halogens is 2. The third-order valence-corrected chi connectivity index (χ3v) is 3.14. The molecule has 1 heterocycles. The standard InChI is InChI=1S/C11H10Cl2N2O2/c12-8-3-1-7(2-4-8)6-15-9(13)5-10(16)14-11(15)17/h1,3-5,7H,2,6H2,(H,14,16,17). The second-order valence-corrected chi connectivity index (χ2v) is 4.64. The van der Waals surface area contributed by atoms with Crippen molar-refractivity contribution in [3.8, 4) is 0 Å². The van der Waals surface area contributed by atoms with Gasteiger partial charge in [-0.1, -0.05) is 35.4 Å². The Kier molecular flexibility index (Phi) is 3.54. The molecule has 90 valence electrons. The molecule has 1 atom stereocenters. The average Bonchev–Trinajstić information content (AvgIpc) is 2.26. The molecule has 4 nitrogen and oxygen atoms in total. The van der Waals surface area contributed by atoms with Crippen molar-refractivity contribution in [2.24, 2.45) is 5.92 Å². The molecule has 0 aliphatic heterocycles. The van der Waals surface area contributed by atoms with Crippen LogP contribution in [0.2, 0.25) is 5.15 Å². The molecule has 0 radical (unpaired) electrons. The molecule has 17 heavy (non-hydrogen) atoms. The Labute approximate surface area is 107 Å². The summed E-state index contributed by atoms with van der Waals surface area (Å²) in [5, 5.41) is 0.842. The minimum atomic E-state index is -0.489. The highest BCUT2D eigenvalue weighted by Gasteiger charge is 2.12. The lowest BCUT2D eigenvalue weighted by Crippen LogP contribution is -2.31. The first-order valence-corrected chi connectivity index (χ1v) is 5.85. The van der Waals surface area contributed by atoms with Gasteiger partial charge in [0.2, 0.25) is 0 Å². The lowest BCUT2D eigenvalue weighted by molar-refractivity contribution is 0.510. The molecule has 0 saturated heterocycles. The second kappa shape index (κ2) is 4.94. The molecule has 0 bridgehead atoms. The third-order valence-electron chi connectivity index (χ3n) is 2.54. The molecule has 0 amide bonds. The number of nitrogens with one attached hydrogen (secondary N) is 1. The van der Waals surface area contributed by atoms with Crippen molar-refractivity contribution in [3.63, 3.8) is 0 Å². The molecule has 0 fully saturated rings. The summed E-state index contributed by atoms with van der Waals surface area (Å²) in [5.41, 5.74) is -0.977. The first-order valence-electron chi connectivity index (χ1n) is 5.10.